The summed E-state index contributed by atoms with van der Waals surface area (Å²) in [6.45, 7) is 5.12. The molecule has 0 bridgehead atoms. The van der Waals surface area contributed by atoms with Crippen molar-refractivity contribution in [3.63, 3.8) is 0 Å². The summed E-state index contributed by atoms with van der Waals surface area (Å²) in [6.07, 6.45) is 10.3. The van der Waals surface area contributed by atoms with Crippen molar-refractivity contribution in [2.24, 2.45) is 0 Å². The number of carbonyl (C=O) groups excluding carboxylic acids is 2. The average Bonchev–Trinajstić information content (AvgIpc) is 3.48. The molecule has 2 N–H and O–H groups in total. The number of aromatic amines is 1. The number of amides is 2. The van der Waals surface area contributed by atoms with Gasteiger partial charge < -0.3 is 19.9 Å². The van der Waals surface area contributed by atoms with Gasteiger partial charge in [0.05, 0.1) is 12.5 Å². The van der Waals surface area contributed by atoms with Gasteiger partial charge in [-0.15, -0.1) is 0 Å². The maximum Gasteiger partial charge on any atom is 0.245 e. The normalized spacial score (nSPS) is 21.4. The maximum absolute atomic E-state index is 13.7. The van der Waals surface area contributed by atoms with Crippen LogP contribution in [0.1, 0.15) is 70.8 Å². The molecule has 32 heavy (non-hydrogen) atoms. The fourth-order valence-electron chi connectivity index (χ4n) is 5.17. The van der Waals surface area contributed by atoms with Crippen LogP contribution in [-0.2, 0) is 20.7 Å². The predicted molar refractivity (Wildman–Crippen MR) is 126 cm³/mol. The van der Waals surface area contributed by atoms with Crippen LogP contribution in [0.2, 0.25) is 0 Å². The number of nitrogens with one attached hydrogen (secondary N) is 2. The standard InChI is InChI=1S/C26H37N3O3/c1-3-26(2,25(31)28-20-10-5-4-6-11-20)29(18-21-12-9-15-32-21)24(30)16-19-17-27-23-14-8-7-13-22(19)23/h7-8,13-14,17,20-21,27H,3-6,9-12,15-16,18H2,1-2H3,(H,28,31)/t21-,26-/m0/s1. The van der Waals surface area contributed by atoms with Crippen molar-refractivity contribution < 1.29 is 14.3 Å². The third-order valence-electron chi connectivity index (χ3n) is 7.44. The van der Waals surface area contributed by atoms with Crippen LogP contribution < -0.4 is 5.32 Å². The Hall–Kier alpha value is -2.34. The topological polar surface area (TPSA) is 74.4 Å². The second kappa shape index (κ2) is 10.1. The Morgan fingerprint density at radius 3 is 2.66 bits per heavy atom. The number of H-pyrrole nitrogens is 1. The van der Waals surface area contributed by atoms with Gasteiger partial charge in [-0.05, 0) is 50.7 Å². The lowest BCUT2D eigenvalue weighted by molar-refractivity contribution is -0.149. The number of hydrogen-bond donors (Lipinski definition) is 2. The first-order valence-electron chi connectivity index (χ1n) is 12.3. The highest BCUT2D eigenvalue weighted by molar-refractivity contribution is 5.94. The Morgan fingerprint density at radius 2 is 1.94 bits per heavy atom. The average molecular weight is 440 g/mol. The molecular formula is C26H37N3O3. The molecule has 1 aromatic carbocycles. The molecule has 2 aliphatic rings. The molecule has 1 saturated heterocycles. The molecule has 1 saturated carbocycles. The van der Waals surface area contributed by atoms with E-state index < -0.39 is 5.54 Å². The second-order valence-electron chi connectivity index (χ2n) is 9.61. The minimum absolute atomic E-state index is 0.00438. The fourth-order valence-corrected chi connectivity index (χ4v) is 5.17. The van der Waals surface area contributed by atoms with E-state index in [0.717, 1.165) is 61.6 Å². The van der Waals surface area contributed by atoms with E-state index in [4.69, 9.17) is 4.74 Å². The Bertz CT molecular complexity index is 927. The number of aromatic nitrogens is 1. The molecule has 1 aromatic heterocycles. The van der Waals surface area contributed by atoms with Gasteiger partial charge in [-0.25, -0.2) is 0 Å². The van der Waals surface area contributed by atoms with E-state index in [9.17, 15) is 9.59 Å². The minimum atomic E-state index is -0.896. The lowest BCUT2D eigenvalue weighted by Gasteiger charge is -2.42. The number of ether oxygens (including phenoxy) is 1. The van der Waals surface area contributed by atoms with Crippen LogP contribution in [0.25, 0.3) is 10.9 Å². The van der Waals surface area contributed by atoms with Gasteiger partial charge in [0.1, 0.15) is 5.54 Å². The van der Waals surface area contributed by atoms with Gasteiger partial charge in [-0.2, -0.15) is 0 Å². The third-order valence-corrected chi connectivity index (χ3v) is 7.44. The number of nitrogens with zero attached hydrogens (tertiary/aromatic N) is 1. The van der Waals surface area contributed by atoms with Gasteiger partial charge in [-0.1, -0.05) is 44.4 Å². The van der Waals surface area contributed by atoms with Crippen molar-refractivity contribution in [1.29, 1.82) is 0 Å². The Morgan fingerprint density at radius 1 is 1.16 bits per heavy atom. The monoisotopic (exact) mass is 439 g/mol. The molecule has 4 rings (SSSR count). The maximum atomic E-state index is 13.7. The van der Waals surface area contributed by atoms with Crippen LogP contribution in [0.4, 0.5) is 0 Å². The van der Waals surface area contributed by atoms with Crippen LogP contribution >= 0.6 is 0 Å². The lowest BCUT2D eigenvalue weighted by Crippen LogP contribution is -2.61. The van der Waals surface area contributed by atoms with Gasteiger partial charge >= 0.3 is 0 Å². The molecule has 0 unspecified atom stereocenters. The molecule has 2 heterocycles. The Labute approximate surface area is 191 Å². The Kier molecular flexibility index (Phi) is 7.19. The number of hydrogen-bond acceptors (Lipinski definition) is 3. The van der Waals surface area contributed by atoms with Crippen molar-refractivity contribution in [2.75, 3.05) is 13.2 Å². The summed E-state index contributed by atoms with van der Waals surface area (Å²) >= 11 is 0. The second-order valence-corrected chi connectivity index (χ2v) is 9.61. The first-order valence-corrected chi connectivity index (χ1v) is 12.3. The summed E-state index contributed by atoms with van der Waals surface area (Å²) in [5.41, 5.74) is 1.09. The number of rotatable bonds is 8. The molecule has 1 aliphatic heterocycles. The smallest absolute Gasteiger partial charge is 0.245 e. The van der Waals surface area contributed by atoms with Crippen molar-refractivity contribution in [3.8, 4) is 0 Å². The van der Waals surface area contributed by atoms with Crippen molar-refractivity contribution >= 4 is 22.7 Å². The number of carbonyl (C=O) groups is 2. The quantitative estimate of drug-likeness (QED) is 0.643. The molecule has 2 aromatic rings. The molecule has 174 valence electrons. The molecule has 6 nitrogen and oxygen atoms in total. The van der Waals surface area contributed by atoms with Crippen LogP contribution in [0.15, 0.2) is 30.5 Å². The van der Waals surface area contributed by atoms with E-state index in [1.807, 2.05) is 49.2 Å². The number of fused-ring (bicyclic) bond motifs is 1. The van der Waals surface area contributed by atoms with Gasteiger partial charge in [-0.3, -0.25) is 9.59 Å². The summed E-state index contributed by atoms with van der Waals surface area (Å²) in [7, 11) is 0. The Balaban J connectivity index is 1.57. The summed E-state index contributed by atoms with van der Waals surface area (Å²) in [6, 6.07) is 8.24. The highest BCUT2D eigenvalue weighted by Crippen LogP contribution is 2.27. The first-order chi connectivity index (χ1) is 15.5. The van der Waals surface area contributed by atoms with Crippen molar-refractivity contribution in [2.45, 2.75) is 89.3 Å². The lowest BCUT2D eigenvalue weighted by atomic mass is 9.90. The van der Waals surface area contributed by atoms with Gasteiger partial charge in [0, 0.05) is 36.3 Å². The van der Waals surface area contributed by atoms with Crippen LogP contribution in [0.3, 0.4) is 0 Å². The summed E-state index contributed by atoms with van der Waals surface area (Å²) in [5, 5.41) is 4.34. The van der Waals surface area contributed by atoms with Crippen LogP contribution in [0.5, 0.6) is 0 Å². The van der Waals surface area contributed by atoms with E-state index in [1.165, 1.54) is 6.42 Å². The van der Waals surface area contributed by atoms with E-state index in [-0.39, 0.29) is 30.4 Å². The zero-order valence-electron chi connectivity index (χ0n) is 19.5. The molecule has 0 radical (unpaired) electrons. The highest BCUT2D eigenvalue weighted by Gasteiger charge is 2.42. The third kappa shape index (κ3) is 4.85. The van der Waals surface area contributed by atoms with Crippen molar-refractivity contribution in [1.82, 2.24) is 15.2 Å². The van der Waals surface area contributed by atoms with E-state index in [2.05, 4.69) is 10.3 Å². The van der Waals surface area contributed by atoms with Crippen LogP contribution in [-0.4, -0.2) is 52.5 Å². The summed E-state index contributed by atoms with van der Waals surface area (Å²) < 4.78 is 5.88. The zero-order chi connectivity index (χ0) is 22.6. The molecule has 2 atom stereocenters. The molecule has 2 fully saturated rings. The van der Waals surface area contributed by atoms with E-state index in [0.29, 0.717) is 13.0 Å². The van der Waals surface area contributed by atoms with Crippen LogP contribution in [0, 0.1) is 0 Å². The minimum Gasteiger partial charge on any atom is -0.376 e. The largest absolute Gasteiger partial charge is 0.376 e. The molecule has 6 heteroatoms. The van der Waals surface area contributed by atoms with Gasteiger partial charge in [0.25, 0.3) is 0 Å². The molecule has 0 spiro atoms. The number of benzene rings is 1. The predicted octanol–water partition coefficient (Wildman–Crippen LogP) is 4.34. The summed E-state index contributed by atoms with van der Waals surface area (Å²) in [4.78, 5) is 32.3. The van der Waals surface area contributed by atoms with Gasteiger partial charge in [0.15, 0.2) is 0 Å². The number of para-hydroxylation sites is 1. The molecule has 1 aliphatic carbocycles. The zero-order valence-corrected chi connectivity index (χ0v) is 19.5. The van der Waals surface area contributed by atoms with E-state index in [1.54, 1.807) is 0 Å². The molecular weight excluding hydrogens is 402 g/mol. The fraction of sp³-hybridized carbons (Fsp3) is 0.615. The van der Waals surface area contributed by atoms with E-state index >= 15 is 0 Å². The molecule has 2 amide bonds. The first kappa shape index (κ1) is 22.8. The van der Waals surface area contributed by atoms with Gasteiger partial charge in [0.2, 0.25) is 11.8 Å². The van der Waals surface area contributed by atoms with Crippen molar-refractivity contribution in [3.05, 3.63) is 36.0 Å². The SMILES string of the molecule is CC[C@@](C)(C(=O)NC1CCCCC1)N(C[C@@H]1CCCO1)C(=O)Cc1c[nH]c2ccccc12. The summed E-state index contributed by atoms with van der Waals surface area (Å²) in [5.74, 6) is -0.0504. The highest BCUT2D eigenvalue weighted by atomic mass is 16.5.